The van der Waals surface area contributed by atoms with Crippen LogP contribution >= 0.6 is 0 Å². The van der Waals surface area contributed by atoms with Crippen LogP contribution < -0.4 is 0 Å². The Bertz CT molecular complexity index is 623. The molecule has 1 aromatic carbocycles. The summed E-state index contributed by atoms with van der Waals surface area (Å²) in [5.41, 5.74) is 2.48. The van der Waals surface area contributed by atoms with E-state index in [1.807, 2.05) is 30.3 Å². The van der Waals surface area contributed by atoms with Gasteiger partial charge in [0.25, 0.3) is 0 Å². The van der Waals surface area contributed by atoms with Gasteiger partial charge in [-0.25, -0.2) is 0 Å². The zero-order chi connectivity index (χ0) is 20.7. The quantitative estimate of drug-likeness (QED) is 0.414. The topological polar surface area (TPSA) is 48.0 Å². The maximum atomic E-state index is 12.5. The lowest BCUT2D eigenvalue weighted by atomic mass is 10.1. The van der Waals surface area contributed by atoms with Crippen molar-refractivity contribution in [3.8, 4) is 0 Å². The van der Waals surface area contributed by atoms with Gasteiger partial charge in [0.2, 0.25) is 8.32 Å². The number of rotatable bonds is 9. The summed E-state index contributed by atoms with van der Waals surface area (Å²) < 4.78 is 12.0. The number of carbonyl (C=O) groups is 1. The van der Waals surface area contributed by atoms with Gasteiger partial charge in [0.05, 0.1) is 12.5 Å². The molecule has 1 aliphatic rings. The molecule has 1 aromatic rings. The van der Waals surface area contributed by atoms with Crippen LogP contribution in [0.15, 0.2) is 42.7 Å². The molecule has 0 aliphatic carbocycles. The fraction of sp³-hybridized carbons (Fsp3) is 0.591. The second-order valence-electron chi connectivity index (χ2n) is 8.39. The van der Waals surface area contributed by atoms with Crippen LogP contribution in [0.1, 0.15) is 47.1 Å². The molecule has 0 N–H and O–H groups in total. The molecule has 1 atom stereocenters. The van der Waals surface area contributed by atoms with E-state index in [1.54, 1.807) is 17.4 Å². The summed E-state index contributed by atoms with van der Waals surface area (Å²) in [5, 5.41) is 1.73. The lowest BCUT2D eigenvalue weighted by Crippen LogP contribution is -2.50. The number of nitrogens with zero attached hydrogens (tertiary/aromatic N) is 1. The summed E-state index contributed by atoms with van der Waals surface area (Å²) in [6.07, 6.45) is 3.31. The molecule has 28 heavy (non-hydrogen) atoms. The molecule has 0 spiro atoms. The highest BCUT2D eigenvalue weighted by Crippen LogP contribution is 2.42. The van der Waals surface area contributed by atoms with Gasteiger partial charge in [-0.2, -0.15) is 0 Å². The van der Waals surface area contributed by atoms with Crippen LogP contribution in [0.3, 0.4) is 0 Å². The molecule has 2 rings (SSSR count). The fourth-order valence-electron chi connectivity index (χ4n) is 4.30. The van der Waals surface area contributed by atoms with Crippen LogP contribution in [0.5, 0.6) is 0 Å². The Kier molecular flexibility index (Phi) is 8.28. The van der Waals surface area contributed by atoms with Crippen molar-refractivity contribution in [1.82, 2.24) is 5.06 Å². The first-order valence-electron chi connectivity index (χ1n) is 10.2. The summed E-state index contributed by atoms with van der Waals surface area (Å²) in [4.78, 5) is 18.1. The number of ether oxygens (including phenoxy) is 1. The van der Waals surface area contributed by atoms with Gasteiger partial charge >= 0.3 is 5.97 Å². The predicted octanol–water partition coefficient (Wildman–Crippen LogP) is 5.26. The van der Waals surface area contributed by atoms with E-state index < -0.39 is 8.32 Å². The zero-order valence-corrected chi connectivity index (χ0v) is 19.1. The van der Waals surface area contributed by atoms with Crippen molar-refractivity contribution in [1.29, 1.82) is 0 Å². The maximum Gasteiger partial charge on any atom is 0.314 e. The van der Waals surface area contributed by atoms with Crippen molar-refractivity contribution in [3.05, 3.63) is 48.2 Å². The standard InChI is InChI=1S/C22H35NO4Si/c1-17(2)28(18(3)4,19(5)6)27-16-23-14-21(12-13-26-23)22(24)25-15-20-10-8-7-9-11-20/h7-13,17-19,21H,14-16H2,1-6H3. The third-order valence-electron chi connectivity index (χ3n) is 5.61. The SMILES string of the molecule is CC(C)[Si](OCN1CC(C(=O)OCc2ccccc2)C=CO1)(C(C)C)C(C)C. The third-order valence-corrected chi connectivity index (χ3v) is 11.7. The first-order valence-corrected chi connectivity index (χ1v) is 12.3. The first-order chi connectivity index (χ1) is 13.3. The van der Waals surface area contributed by atoms with Gasteiger partial charge in [0, 0.05) is 0 Å². The second kappa shape index (κ2) is 10.2. The molecule has 6 heteroatoms. The van der Waals surface area contributed by atoms with Crippen LogP contribution in [0.2, 0.25) is 16.6 Å². The fourth-order valence-corrected chi connectivity index (χ4v) is 9.66. The number of benzene rings is 1. The van der Waals surface area contributed by atoms with Crippen molar-refractivity contribution >= 4 is 14.3 Å². The van der Waals surface area contributed by atoms with E-state index >= 15 is 0 Å². The molecule has 0 amide bonds. The smallest absolute Gasteiger partial charge is 0.314 e. The molecule has 0 saturated carbocycles. The van der Waals surface area contributed by atoms with Gasteiger partial charge in [0.15, 0.2) is 0 Å². The molecule has 1 unspecified atom stereocenters. The molecule has 5 nitrogen and oxygen atoms in total. The zero-order valence-electron chi connectivity index (χ0n) is 18.1. The van der Waals surface area contributed by atoms with Gasteiger partial charge < -0.3 is 14.0 Å². The van der Waals surface area contributed by atoms with Crippen molar-refractivity contribution < 1.29 is 18.8 Å². The second-order valence-corrected chi connectivity index (χ2v) is 13.8. The molecular formula is C22H35NO4Si. The van der Waals surface area contributed by atoms with Gasteiger partial charge in [0.1, 0.15) is 19.6 Å². The Hall–Kier alpha value is -1.63. The van der Waals surface area contributed by atoms with Crippen molar-refractivity contribution in [2.75, 3.05) is 13.3 Å². The van der Waals surface area contributed by atoms with Gasteiger partial charge in [-0.05, 0) is 28.3 Å². The van der Waals surface area contributed by atoms with Crippen LogP contribution in [0.25, 0.3) is 0 Å². The lowest BCUT2D eigenvalue weighted by molar-refractivity contribution is -0.175. The van der Waals surface area contributed by atoms with Crippen molar-refractivity contribution in [2.45, 2.75) is 64.8 Å². The minimum Gasteiger partial charge on any atom is -0.460 e. The van der Waals surface area contributed by atoms with Crippen molar-refractivity contribution in [2.24, 2.45) is 5.92 Å². The summed E-state index contributed by atoms with van der Waals surface area (Å²) in [6, 6.07) is 9.71. The van der Waals surface area contributed by atoms with E-state index in [4.69, 9.17) is 14.0 Å². The summed E-state index contributed by atoms with van der Waals surface area (Å²) in [7, 11) is -1.98. The van der Waals surface area contributed by atoms with E-state index in [1.165, 1.54) is 0 Å². The lowest BCUT2D eigenvalue weighted by Gasteiger charge is -2.43. The van der Waals surface area contributed by atoms with Crippen LogP contribution in [0, 0.1) is 5.92 Å². The average Bonchev–Trinajstić information content (AvgIpc) is 2.67. The molecule has 0 saturated heterocycles. The molecule has 0 radical (unpaired) electrons. The summed E-state index contributed by atoms with van der Waals surface area (Å²) in [5.74, 6) is -0.595. The van der Waals surface area contributed by atoms with Crippen LogP contribution in [-0.2, 0) is 25.4 Å². The van der Waals surface area contributed by atoms with Crippen LogP contribution in [0.4, 0.5) is 0 Å². The number of hydrogen-bond acceptors (Lipinski definition) is 5. The largest absolute Gasteiger partial charge is 0.460 e. The normalized spacial score (nSPS) is 18.0. The molecule has 0 bridgehead atoms. The van der Waals surface area contributed by atoms with E-state index in [9.17, 15) is 4.79 Å². The summed E-state index contributed by atoms with van der Waals surface area (Å²) >= 11 is 0. The third kappa shape index (κ3) is 5.46. The first kappa shape index (κ1) is 22.7. The van der Waals surface area contributed by atoms with E-state index in [0.29, 0.717) is 29.9 Å². The Balaban J connectivity index is 1.92. The van der Waals surface area contributed by atoms with E-state index in [2.05, 4.69) is 41.5 Å². The van der Waals surface area contributed by atoms with Crippen LogP contribution in [-0.4, -0.2) is 32.6 Å². The average molecular weight is 406 g/mol. The minimum absolute atomic E-state index is 0.242. The number of hydroxylamine groups is 2. The van der Waals surface area contributed by atoms with Gasteiger partial charge in [-0.15, -0.1) is 5.06 Å². The Labute approximate surface area is 170 Å². The predicted molar refractivity (Wildman–Crippen MR) is 114 cm³/mol. The van der Waals surface area contributed by atoms with Crippen molar-refractivity contribution in [3.63, 3.8) is 0 Å². The maximum absolute atomic E-state index is 12.5. The molecule has 1 heterocycles. The highest BCUT2D eigenvalue weighted by Gasteiger charge is 2.45. The number of hydrogen-bond donors (Lipinski definition) is 0. The Morgan fingerprint density at radius 3 is 2.29 bits per heavy atom. The molecule has 0 aromatic heterocycles. The minimum atomic E-state index is -1.98. The number of carbonyl (C=O) groups excluding carboxylic acids is 1. The van der Waals surface area contributed by atoms with E-state index in [0.717, 1.165) is 5.56 Å². The monoisotopic (exact) mass is 405 g/mol. The van der Waals surface area contributed by atoms with E-state index in [-0.39, 0.29) is 18.5 Å². The highest BCUT2D eigenvalue weighted by atomic mass is 28.4. The Morgan fingerprint density at radius 2 is 1.71 bits per heavy atom. The molecule has 0 fully saturated rings. The Morgan fingerprint density at radius 1 is 1.11 bits per heavy atom. The molecule has 1 aliphatic heterocycles. The highest BCUT2D eigenvalue weighted by molar-refractivity contribution is 6.77. The molecule has 156 valence electrons. The van der Waals surface area contributed by atoms with Gasteiger partial charge in [-0.3, -0.25) is 4.79 Å². The number of esters is 1. The van der Waals surface area contributed by atoms with Gasteiger partial charge in [-0.1, -0.05) is 71.9 Å². The molecular weight excluding hydrogens is 370 g/mol. The summed E-state index contributed by atoms with van der Waals surface area (Å²) in [6.45, 7) is 14.6.